The molecule has 1 saturated heterocycles. The molecular formula is C21H21ClFN5O3S. The first-order valence-corrected chi connectivity index (χ1v) is 11.3. The van der Waals surface area contributed by atoms with Crippen LogP contribution in [0.15, 0.2) is 28.4 Å². The Hall–Kier alpha value is -2.82. The summed E-state index contributed by atoms with van der Waals surface area (Å²) in [5.41, 5.74) is 2.09. The fourth-order valence-electron chi connectivity index (χ4n) is 3.35. The molecule has 11 heteroatoms. The van der Waals surface area contributed by atoms with Gasteiger partial charge in [0.25, 0.3) is 5.56 Å². The van der Waals surface area contributed by atoms with Crippen LogP contribution in [-0.4, -0.2) is 47.2 Å². The summed E-state index contributed by atoms with van der Waals surface area (Å²) in [5.74, 6) is -0.240. The maximum absolute atomic E-state index is 13.3. The first-order valence-electron chi connectivity index (χ1n) is 10.0. The summed E-state index contributed by atoms with van der Waals surface area (Å²) in [5, 5.41) is 4.91. The summed E-state index contributed by atoms with van der Waals surface area (Å²) in [6.45, 7) is 4.30. The molecule has 2 aromatic heterocycles. The van der Waals surface area contributed by atoms with Crippen LogP contribution in [0.25, 0.3) is 11.3 Å². The molecule has 1 aliphatic rings. The molecule has 168 valence electrons. The summed E-state index contributed by atoms with van der Waals surface area (Å²) in [4.78, 5) is 38.6. The summed E-state index contributed by atoms with van der Waals surface area (Å²) in [6.07, 6.45) is 0.370. The first kappa shape index (κ1) is 22.4. The Morgan fingerprint density at radius 1 is 1.34 bits per heavy atom. The predicted octanol–water partition coefficient (Wildman–Crippen LogP) is 3.40. The monoisotopic (exact) mass is 477 g/mol. The molecular weight excluding hydrogens is 457 g/mol. The molecule has 1 aromatic carbocycles. The van der Waals surface area contributed by atoms with E-state index < -0.39 is 5.82 Å². The Morgan fingerprint density at radius 2 is 2.12 bits per heavy atom. The van der Waals surface area contributed by atoms with Crippen molar-refractivity contribution in [2.45, 2.75) is 19.8 Å². The Bertz CT molecular complexity index is 1190. The summed E-state index contributed by atoms with van der Waals surface area (Å²) < 4.78 is 18.7. The van der Waals surface area contributed by atoms with Crippen molar-refractivity contribution >= 4 is 39.9 Å². The molecule has 0 radical (unpaired) electrons. The molecule has 0 aliphatic carbocycles. The van der Waals surface area contributed by atoms with Crippen molar-refractivity contribution in [3.63, 3.8) is 0 Å². The predicted molar refractivity (Wildman–Crippen MR) is 122 cm³/mol. The highest BCUT2D eigenvalue weighted by molar-refractivity contribution is 7.14. The van der Waals surface area contributed by atoms with Gasteiger partial charge in [-0.05, 0) is 31.5 Å². The van der Waals surface area contributed by atoms with E-state index in [4.69, 9.17) is 16.3 Å². The number of rotatable bonds is 6. The van der Waals surface area contributed by atoms with Gasteiger partial charge in [0.15, 0.2) is 5.13 Å². The zero-order valence-corrected chi connectivity index (χ0v) is 18.9. The Kier molecular flexibility index (Phi) is 6.83. The number of thiazole rings is 1. The number of anilines is 2. The van der Waals surface area contributed by atoms with E-state index in [0.717, 1.165) is 0 Å². The average Bonchev–Trinajstić information content (AvgIpc) is 3.24. The zero-order valence-electron chi connectivity index (χ0n) is 17.3. The number of morpholine rings is 1. The second-order valence-electron chi connectivity index (χ2n) is 7.27. The van der Waals surface area contributed by atoms with Gasteiger partial charge < -0.3 is 15.0 Å². The molecule has 1 fully saturated rings. The van der Waals surface area contributed by atoms with Crippen LogP contribution in [0.1, 0.15) is 17.7 Å². The Morgan fingerprint density at radius 3 is 2.84 bits per heavy atom. The van der Waals surface area contributed by atoms with E-state index in [-0.39, 0.29) is 29.3 Å². The van der Waals surface area contributed by atoms with E-state index in [1.807, 2.05) is 4.90 Å². The normalized spacial score (nSPS) is 13.9. The van der Waals surface area contributed by atoms with Gasteiger partial charge in [-0.15, -0.1) is 11.3 Å². The lowest BCUT2D eigenvalue weighted by atomic mass is 10.1. The van der Waals surface area contributed by atoms with E-state index in [0.29, 0.717) is 59.9 Å². The van der Waals surface area contributed by atoms with Crippen LogP contribution in [0.2, 0.25) is 5.02 Å². The minimum atomic E-state index is -0.503. The summed E-state index contributed by atoms with van der Waals surface area (Å²) in [7, 11) is 0. The third kappa shape index (κ3) is 5.14. The molecule has 32 heavy (non-hydrogen) atoms. The van der Waals surface area contributed by atoms with Gasteiger partial charge in [0.2, 0.25) is 11.9 Å². The van der Waals surface area contributed by atoms with Crippen LogP contribution in [0.4, 0.5) is 15.5 Å². The van der Waals surface area contributed by atoms with Crippen LogP contribution >= 0.6 is 22.9 Å². The second kappa shape index (κ2) is 9.76. The molecule has 3 heterocycles. The number of amides is 1. The first-order chi connectivity index (χ1) is 15.4. The van der Waals surface area contributed by atoms with Crippen LogP contribution in [0, 0.1) is 12.7 Å². The highest BCUT2D eigenvalue weighted by atomic mass is 35.5. The van der Waals surface area contributed by atoms with Gasteiger partial charge >= 0.3 is 0 Å². The van der Waals surface area contributed by atoms with Gasteiger partial charge in [-0.1, -0.05) is 11.6 Å². The number of carbonyl (C=O) groups excluding carboxylic acids is 1. The highest BCUT2D eigenvalue weighted by Crippen LogP contribution is 2.28. The summed E-state index contributed by atoms with van der Waals surface area (Å²) >= 11 is 7.08. The van der Waals surface area contributed by atoms with E-state index in [1.165, 1.54) is 23.5 Å². The van der Waals surface area contributed by atoms with Gasteiger partial charge in [0.1, 0.15) is 5.82 Å². The van der Waals surface area contributed by atoms with E-state index in [1.54, 1.807) is 18.4 Å². The minimum Gasteiger partial charge on any atom is -0.378 e. The largest absolute Gasteiger partial charge is 0.378 e. The number of nitrogens with zero attached hydrogens (tertiary/aromatic N) is 3. The number of carbonyl (C=O) groups is 1. The van der Waals surface area contributed by atoms with Gasteiger partial charge in [-0.25, -0.2) is 14.4 Å². The number of hydrogen-bond donors (Lipinski definition) is 2. The molecule has 0 unspecified atom stereocenters. The number of hydrogen-bond acceptors (Lipinski definition) is 7. The van der Waals surface area contributed by atoms with Crippen molar-refractivity contribution in [2.24, 2.45) is 0 Å². The Labute approximate surface area is 192 Å². The van der Waals surface area contributed by atoms with Crippen molar-refractivity contribution in [2.75, 3.05) is 36.5 Å². The Balaban J connectivity index is 1.37. The fourth-order valence-corrected chi connectivity index (χ4v) is 4.27. The molecule has 8 nitrogen and oxygen atoms in total. The van der Waals surface area contributed by atoms with E-state index >= 15 is 0 Å². The number of aryl methyl sites for hydroxylation is 1. The lowest BCUT2D eigenvalue weighted by molar-refractivity contribution is -0.116. The maximum atomic E-state index is 13.3. The number of ether oxygens (including phenoxy) is 1. The lowest BCUT2D eigenvalue weighted by Gasteiger charge is -2.27. The van der Waals surface area contributed by atoms with Gasteiger partial charge in [0, 0.05) is 41.7 Å². The molecule has 3 aromatic rings. The number of H-pyrrole nitrogens is 1. The standard InChI is InChI=1S/C21H21ClFN5O3S/c1-12-14(19(30)27-20(24-12)28-6-8-31-9-7-28)3-5-18(29)26-21-25-17(11-32-21)13-2-4-16(23)15(22)10-13/h2,4,10-11H,3,5-9H2,1H3,(H,24,27,30)(H,25,26,29). The third-order valence-corrected chi connectivity index (χ3v) is 6.14. The zero-order chi connectivity index (χ0) is 22.7. The summed E-state index contributed by atoms with van der Waals surface area (Å²) in [6, 6.07) is 4.33. The van der Waals surface area contributed by atoms with Crippen molar-refractivity contribution in [1.29, 1.82) is 0 Å². The van der Waals surface area contributed by atoms with Crippen molar-refractivity contribution in [3.8, 4) is 11.3 Å². The second-order valence-corrected chi connectivity index (χ2v) is 8.53. The fraction of sp³-hybridized carbons (Fsp3) is 0.333. The number of halogens is 2. The number of nitrogens with one attached hydrogen (secondary N) is 2. The minimum absolute atomic E-state index is 0.00919. The average molecular weight is 478 g/mol. The molecule has 0 saturated carbocycles. The smallest absolute Gasteiger partial charge is 0.255 e. The van der Waals surface area contributed by atoms with E-state index in [2.05, 4.69) is 20.3 Å². The van der Waals surface area contributed by atoms with Crippen molar-refractivity contribution in [3.05, 3.63) is 56.0 Å². The van der Waals surface area contributed by atoms with Gasteiger partial charge in [-0.2, -0.15) is 0 Å². The topological polar surface area (TPSA) is 100 Å². The lowest BCUT2D eigenvalue weighted by Crippen LogP contribution is -2.38. The molecule has 0 atom stereocenters. The van der Waals surface area contributed by atoms with Crippen molar-refractivity contribution < 1.29 is 13.9 Å². The van der Waals surface area contributed by atoms with Crippen molar-refractivity contribution in [1.82, 2.24) is 15.0 Å². The molecule has 4 rings (SSSR count). The molecule has 0 bridgehead atoms. The van der Waals surface area contributed by atoms with Gasteiger partial charge in [-0.3, -0.25) is 14.6 Å². The van der Waals surface area contributed by atoms with Crippen LogP contribution in [0.5, 0.6) is 0 Å². The highest BCUT2D eigenvalue weighted by Gasteiger charge is 2.17. The SMILES string of the molecule is Cc1nc(N2CCOCC2)[nH]c(=O)c1CCC(=O)Nc1nc(-c2ccc(F)c(Cl)c2)cs1. The molecule has 1 amide bonds. The quantitative estimate of drug-likeness (QED) is 0.564. The molecule has 1 aliphatic heterocycles. The molecule has 0 spiro atoms. The van der Waals surface area contributed by atoms with Crippen LogP contribution in [-0.2, 0) is 16.0 Å². The van der Waals surface area contributed by atoms with E-state index in [9.17, 15) is 14.0 Å². The van der Waals surface area contributed by atoms with Gasteiger partial charge in [0.05, 0.1) is 23.9 Å². The number of aromatic nitrogens is 3. The third-order valence-electron chi connectivity index (χ3n) is 5.09. The number of aromatic amines is 1. The van der Waals surface area contributed by atoms with Crippen LogP contribution < -0.4 is 15.8 Å². The molecule has 2 N–H and O–H groups in total. The van der Waals surface area contributed by atoms with Crippen LogP contribution in [0.3, 0.4) is 0 Å². The number of benzene rings is 1. The maximum Gasteiger partial charge on any atom is 0.255 e.